The van der Waals surface area contributed by atoms with Crippen LogP contribution < -0.4 is 4.74 Å². The number of rotatable bonds is 6. The predicted molar refractivity (Wildman–Crippen MR) is 124 cm³/mol. The van der Waals surface area contributed by atoms with Crippen LogP contribution in [-0.2, 0) is 20.9 Å². The Balaban J connectivity index is 1.86. The smallest absolute Gasteiger partial charge is 0.328 e. The summed E-state index contributed by atoms with van der Waals surface area (Å²) in [4.78, 5) is 37.9. The van der Waals surface area contributed by atoms with Crippen molar-refractivity contribution in [3.05, 3.63) is 66.9 Å². The topological polar surface area (TPSA) is 72.9 Å². The zero-order chi connectivity index (χ0) is 22.7. The van der Waals surface area contributed by atoms with Crippen LogP contribution in [-0.4, -0.2) is 35.2 Å². The number of ether oxygens (including phenoxy) is 2. The third-order valence-electron chi connectivity index (χ3n) is 4.41. The van der Waals surface area contributed by atoms with E-state index in [0.717, 1.165) is 26.7 Å². The Hall–Kier alpha value is -2.00. The normalized spacial score (nSPS) is 16.0. The molecule has 0 unspecified atom stereocenters. The summed E-state index contributed by atoms with van der Waals surface area (Å²) in [6.07, 6.45) is 1.55. The van der Waals surface area contributed by atoms with Crippen molar-refractivity contribution in [1.82, 2.24) is 4.90 Å². The van der Waals surface area contributed by atoms with E-state index in [1.54, 1.807) is 42.5 Å². The lowest BCUT2D eigenvalue weighted by atomic mass is 10.1. The van der Waals surface area contributed by atoms with Crippen LogP contribution in [0, 0.1) is 0 Å². The van der Waals surface area contributed by atoms with Gasteiger partial charge in [0.15, 0.2) is 0 Å². The molecule has 1 fully saturated rings. The molecule has 0 spiro atoms. The van der Waals surface area contributed by atoms with Crippen LogP contribution in [0.15, 0.2) is 45.8 Å². The molecule has 1 saturated heterocycles. The molecule has 2 amide bonds. The molecule has 0 bridgehead atoms. The highest BCUT2D eigenvalue weighted by molar-refractivity contribution is 9.10. The van der Waals surface area contributed by atoms with Crippen LogP contribution in [0.3, 0.4) is 0 Å². The van der Waals surface area contributed by atoms with E-state index in [1.807, 2.05) is 0 Å². The molecule has 1 aliphatic rings. The fourth-order valence-corrected chi connectivity index (χ4v) is 4.53. The summed E-state index contributed by atoms with van der Waals surface area (Å²) >= 11 is 16.3. The average molecular weight is 545 g/mol. The van der Waals surface area contributed by atoms with Crippen LogP contribution in [0.4, 0.5) is 4.79 Å². The van der Waals surface area contributed by atoms with E-state index in [9.17, 15) is 14.4 Å². The van der Waals surface area contributed by atoms with Crippen LogP contribution in [0.5, 0.6) is 5.75 Å². The van der Waals surface area contributed by atoms with Gasteiger partial charge in [0.05, 0.1) is 12.0 Å². The third-order valence-corrected chi connectivity index (χ3v) is 6.37. The molecule has 162 valence electrons. The summed E-state index contributed by atoms with van der Waals surface area (Å²) in [5.41, 5.74) is 1.32. The van der Waals surface area contributed by atoms with E-state index in [2.05, 4.69) is 20.7 Å². The first-order chi connectivity index (χ1) is 14.7. The van der Waals surface area contributed by atoms with E-state index in [0.29, 0.717) is 21.4 Å². The minimum Gasteiger partial charge on any atom is -0.488 e. The number of methoxy groups -OCH3 is 1. The molecule has 1 atom stereocenters. The Morgan fingerprint density at radius 3 is 2.65 bits per heavy atom. The fraction of sp³-hybridized carbons (Fsp3) is 0.190. The zero-order valence-corrected chi connectivity index (χ0v) is 20.3. The maximum Gasteiger partial charge on any atom is 0.328 e. The quantitative estimate of drug-likeness (QED) is 0.331. The first-order valence-electron chi connectivity index (χ1n) is 8.92. The minimum atomic E-state index is -1.02. The van der Waals surface area contributed by atoms with Gasteiger partial charge in [-0.2, -0.15) is 0 Å². The highest BCUT2D eigenvalue weighted by Crippen LogP contribution is 2.36. The summed E-state index contributed by atoms with van der Waals surface area (Å²) in [5.74, 6) is -0.753. The molecule has 0 aliphatic carbocycles. The Bertz CT molecular complexity index is 1090. The minimum absolute atomic E-state index is 0.174. The standard InChI is InChI=1S/C21H16BrCl2NO5S/c1-11(20(27)29-2)25-19(26)18(31-21(25)28)8-13-7-14(22)4-6-17(13)30-10-12-3-5-15(23)9-16(12)24/h3-9,11H,10H2,1-2H3/b18-8+/t11-/m0/s1. The highest BCUT2D eigenvalue weighted by Gasteiger charge is 2.41. The van der Waals surface area contributed by atoms with Crippen molar-refractivity contribution in [1.29, 1.82) is 0 Å². The van der Waals surface area contributed by atoms with E-state index < -0.39 is 23.2 Å². The van der Waals surface area contributed by atoms with E-state index >= 15 is 0 Å². The summed E-state index contributed by atoms with van der Waals surface area (Å²) in [6, 6.07) is 9.38. The van der Waals surface area contributed by atoms with Gasteiger partial charge in [-0.25, -0.2) is 4.79 Å². The van der Waals surface area contributed by atoms with Crippen molar-refractivity contribution in [2.75, 3.05) is 7.11 Å². The number of imide groups is 1. The molecular formula is C21H16BrCl2NO5S. The van der Waals surface area contributed by atoms with Crippen molar-refractivity contribution in [3.63, 3.8) is 0 Å². The summed E-state index contributed by atoms with van der Waals surface area (Å²) in [5, 5.41) is 0.457. The van der Waals surface area contributed by atoms with Gasteiger partial charge in [0.25, 0.3) is 11.1 Å². The van der Waals surface area contributed by atoms with Crippen LogP contribution in [0.1, 0.15) is 18.1 Å². The van der Waals surface area contributed by atoms with Gasteiger partial charge in [0.2, 0.25) is 0 Å². The molecule has 2 aromatic rings. The summed E-state index contributed by atoms with van der Waals surface area (Å²) in [6.45, 7) is 1.62. The Morgan fingerprint density at radius 1 is 1.23 bits per heavy atom. The molecule has 1 aliphatic heterocycles. The SMILES string of the molecule is COC(=O)[C@H](C)N1C(=O)S/C(=C/c2cc(Br)ccc2OCc2ccc(Cl)cc2Cl)C1=O. The van der Waals surface area contributed by atoms with Crippen LogP contribution >= 0.6 is 50.9 Å². The van der Waals surface area contributed by atoms with Gasteiger partial charge >= 0.3 is 5.97 Å². The lowest BCUT2D eigenvalue weighted by Crippen LogP contribution is -2.42. The lowest BCUT2D eigenvalue weighted by Gasteiger charge is -2.18. The van der Waals surface area contributed by atoms with Crippen molar-refractivity contribution in [2.24, 2.45) is 0 Å². The number of hydrogen-bond donors (Lipinski definition) is 0. The van der Waals surface area contributed by atoms with E-state index in [1.165, 1.54) is 14.0 Å². The van der Waals surface area contributed by atoms with Crippen molar-refractivity contribution in [2.45, 2.75) is 19.6 Å². The van der Waals surface area contributed by atoms with Crippen LogP contribution in [0.2, 0.25) is 10.0 Å². The van der Waals surface area contributed by atoms with Gasteiger partial charge in [0, 0.05) is 25.6 Å². The first kappa shape index (κ1) is 23.7. The molecule has 3 rings (SSSR count). The number of carbonyl (C=O) groups is 3. The van der Waals surface area contributed by atoms with Crippen molar-refractivity contribution >= 4 is 74.1 Å². The molecule has 10 heteroatoms. The van der Waals surface area contributed by atoms with Gasteiger partial charge in [-0.1, -0.05) is 45.2 Å². The number of nitrogens with zero attached hydrogens (tertiary/aromatic N) is 1. The van der Waals surface area contributed by atoms with Gasteiger partial charge in [0.1, 0.15) is 18.4 Å². The first-order valence-corrected chi connectivity index (χ1v) is 11.3. The second-order valence-corrected chi connectivity index (χ2v) is 9.21. The third kappa shape index (κ3) is 5.44. The molecular weight excluding hydrogens is 529 g/mol. The van der Waals surface area contributed by atoms with Crippen LogP contribution in [0.25, 0.3) is 6.08 Å². The molecule has 6 nitrogen and oxygen atoms in total. The monoisotopic (exact) mass is 543 g/mol. The van der Waals surface area contributed by atoms with E-state index in [4.69, 9.17) is 27.9 Å². The predicted octanol–water partition coefficient (Wildman–Crippen LogP) is 5.93. The number of benzene rings is 2. The van der Waals surface area contributed by atoms with Gasteiger partial charge < -0.3 is 9.47 Å². The molecule has 0 saturated carbocycles. The van der Waals surface area contributed by atoms with Crippen molar-refractivity contribution < 1.29 is 23.9 Å². The molecule has 0 radical (unpaired) electrons. The number of halogens is 3. The number of hydrogen-bond acceptors (Lipinski definition) is 6. The molecule has 0 N–H and O–H groups in total. The molecule has 0 aromatic heterocycles. The van der Waals surface area contributed by atoms with E-state index in [-0.39, 0.29) is 11.5 Å². The second-order valence-electron chi connectivity index (χ2n) is 6.46. The molecule has 2 aromatic carbocycles. The average Bonchev–Trinajstić information content (AvgIpc) is 3.00. The highest BCUT2D eigenvalue weighted by atomic mass is 79.9. The second kappa shape index (κ2) is 10.1. The fourth-order valence-electron chi connectivity index (χ4n) is 2.79. The van der Waals surface area contributed by atoms with Gasteiger partial charge in [-0.15, -0.1) is 0 Å². The Kier molecular flexibility index (Phi) is 7.69. The lowest BCUT2D eigenvalue weighted by molar-refractivity contribution is -0.148. The Labute approximate surface area is 201 Å². The summed E-state index contributed by atoms with van der Waals surface area (Å²) < 4.78 is 11.3. The largest absolute Gasteiger partial charge is 0.488 e. The van der Waals surface area contributed by atoms with Gasteiger partial charge in [-0.3, -0.25) is 14.5 Å². The molecule has 1 heterocycles. The number of carbonyl (C=O) groups excluding carboxylic acids is 3. The number of amides is 2. The van der Waals surface area contributed by atoms with Crippen molar-refractivity contribution in [3.8, 4) is 5.75 Å². The van der Waals surface area contributed by atoms with Gasteiger partial charge in [-0.05, 0) is 55.1 Å². The summed E-state index contributed by atoms with van der Waals surface area (Å²) in [7, 11) is 1.20. The Morgan fingerprint density at radius 2 is 1.97 bits per heavy atom. The maximum absolute atomic E-state index is 12.8. The molecule has 31 heavy (non-hydrogen) atoms. The number of thioether (sulfide) groups is 1. The zero-order valence-electron chi connectivity index (χ0n) is 16.4. The maximum atomic E-state index is 12.8. The number of esters is 1.